The zero-order chi connectivity index (χ0) is 18.9. The maximum atomic E-state index is 12.9. The number of rotatable bonds is 5. The Hall–Kier alpha value is -2.58. The maximum absolute atomic E-state index is 12.9. The Bertz CT molecular complexity index is 946. The smallest absolute Gasteiger partial charge is 0.251 e. The molecule has 1 amide bonds. The predicted octanol–water partition coefficient (Wildman–Crippen LogP) is 2.00. The van der Waals surface area contributed by atoms with Gasteiger partial charge in [0.05, 0.1) is 4.90 Å². The van der Waals surface area contributed by atoms with Crippen LogP contribution < -0.4 is 14.8 Å². The highest BCUT2D eigenvalue weighted by Gasteiger charge is 2.35. The SMILES string of the molecule is O=C(NC[C@@H]1CCCN1S(=O)(=O)c1ccccc1)c1ccc2c(c1)OCO2. The van der Waals surface area contributed by atoms with Crippen molar-refractivity contribution in [1.82, 2.24) is 9.62 Å². The highest BCUT2D eigenvalue weighted by atomic mass is 32.2. The molecule has 2 heterocycles. The summed E-state index contributed by atoms with van der Waals surface area (Å²) in [5.41, 5.74) is 0.453. The fourth-order valence-electron chi connectivity index (χ4n) is 3.41. The van der Waals surface area contributed by atoms with E-state index in [-0.39, 0.29) is 30.2 Å². The lowest BCUT2D eigenvalue weighted by atomic mass is 10.1. The second kappa shape index (κ2) is 7.21. The number of amides is 1. The first kappa shape index (κ1) is 17.8. The molecule has 7 nitrogen and oxygen atoms in total. The fourth-order valence-corrected chi connectivity index (χ4v) is 5.12. The molecule has 1 atom stereocenters. The normalized spacial score (nSPS) is 19.2. The third-order valence-electron chi connectivity index (χ3n) is 4.81. The van der Waals surface area contributed by atoms with Gasteiger partial charge in [0.1, 0.15) is 0 Å². The van der Waals surface area contributed by atoms with Crippen LogP contribution in [0.15, 0.2) is 53.4 Å². The molecule has 1 saturated heterocycles. The largest absolute Gasteiger partial charge is 0.454 e. The molecule has 0 unspecified atom stereocenters. The minimum absolute atomic E-state index is 0.148. The summed E-state index contributed by atoms with van der Waals surface area (Å²) in [4.78, 5) is 12.7. The minimum Gasteiger partial charge on any atom is -0.454 e. The molecule has 1 fully saturated rings. The monoisotopic (exact) mass is 388 g/mol. The number of hydrogen-bond acceptors (Lipinski definition) is 5. The van der Waals surface area contributed by atoms with Gasteiger partial charge in [-0.1, -0.05) is 18.2 Å². The molecule has 8 heteroatoms. The summed E-state index contributed by atoms with van der Waals surface area (Å²) in [6, 6.07) is 13.1. The Morgan fingerprint density at radius 2 is 1.89 bits per heavy atom. The molecule has 0 bridgehead atoms. The summed E-state index contributed by atoms with van der Waals surface area (Å²) >= 11 is 0. The topological polar surface area (TPSA) is 84.9 Å². The van der Waals surface area contributed by atoms with E-state index >= 15 is 0 Å². The van der Waals surface area contributed by atoms with Crippen molar-refractivity contribution in [3.8, 4) is 11.5 Å². The van der Waals surface area contributed by atoms with Gasteiger partial charge in [-0.05, 0) is 43.2 Å². The standard InChI is InChI=1S/C19H20N2O5S/c22-19(14-8-9-17-18(11-14)26-13-25-17)20-12-15-5-4-10-21(15)27(23,24)16-6-2-1-3-7-16/h1-3,6-9,11,15H,4-5,10,12-13H2,(H,20,22)/t15-/m0/s1. The Morgan fingerprint density at radius 1 is 1.11 bits per heavy atom. The Kier molecular flexibility index (Phi) is 4.75. The molecular weight excluding hydrogens is 368 g/mol. The average molecular weight is 388 g/mol. The average Bonchev–Trinajstić information content (AvgIpc) is 3.35. The van der Waals surface area contributed by atoms with Crippen LogP contribution in [-0.4, -0.2) is 44.6 Å². The number of fused-ring (bicyclic) bond motifs is 1. The van der Waals surface area contributed by atoms with E-state index in [4.69, 9.17) is 9.47 Å². The van der Waals surface area contributed by atoms with Gasteiger partial charge < -0.3 is 14.8 Å². The molecule has 0 spiro atoms. The molecule has 2 aliphatic heterocycles. The van der Waals surface area contributed by atoms with Gasteiger partial charge in [-0.15, -0.1) is 0 Å². The first-order chi connectivity index (χ1) is 13.1. The molecular formula is C19H20N2O5S. The number of benzene rings is 2. The Labute approximate surface area is 157 Å². The van der Waals surface area contributed by atoms with Gasteiger partial charge in [-0.2, -0.15) is 4.31 Å². The summed E-state index contributed by atoms with van der Waals surface area (Å²) in [5.74, 6) is 0.886. The number of nitrogens with zero attached hydrogens (tertiary/aromatic N) is 1. The van der Waals surface area contributed by atoms with Crippen LogP contribution in [0.2, 0.25) is 0 Å². The second-order valence-corrected chi connectivity index (χ2v) is 8.39. The van der Waals surface area contributed by atoms with Crippen LogP contribution >= 0.6 is 0 Å². The molecule has 27 heavy (non-hydrogen) atoms. The van der Waals surface area contributed by atoms with Crippen molar-refractivity contribution in [3.05, 3.63) is 54.1 Å². The van der Waals surface area contributed by atoms with Crippen molar-refractivity contribution in [2.45, 2.75) is 23.8 Å². The molecule has 2 aromatic rings. The molecule has 0 aliphatic carbocycles. The lowest BCUT2D eigenvalue weighted by molar-refractivity contribution is 0.0946. The van der Waals surface area contributed by atoms with Crippen molar-refractivity contribution in [3.63, 3.8) is 0 Å². The highest BCUT2D eigenvalue weighted by molar-refractivity contribution is 7.89. The van der Waals surface area contributed by atoms with E-state index in [1.807, 2.05) is 0 Å². The van der Waals surface area contributed by atoms with Crippen LogP contribution in [0.25, 0.3) is 0 Å². The fraction of sp³-hybridized carbons (Fsp3) is 0.316. The number of nitrogens with one attached hydrogen (secondary N) is 1. The molecule has 2 aromatic carbocycles. The summed E-state index contributed by atoms with van der Waals surface area (Å²) in [6.45, 7) is 0.871. The van der Waals surface area contributed by atoms with E-state index < -0.39 is 10.0 Å². The molecule has 1 N–H and O–H groups in total. The second-order valence-electron chi connectivity index (χ2n) is 6.50. The van der Waals surface area contributed by atoms with Gasteiger partial charge in [-0.25, -0.2) is 8.42 Å². The van der Waals surface area contributed by atoms with Gasteiger partial charge in [0.15, 0.2) is 11.5 Å². The van der Waals surface area contributed by atoms with Gasteiger partial charge in [0, 0.05) is 24.7 Å². The Morgan fingerprint density at radius 3 is 2.70 bits per heavy atom. The van der Waals surface area contributed by atoms with Gasteiger partial charge in [-0.3, -0.25) is 4.79 Å². The minimum atomic E-state index is -3.56. The number of ether oxygens (including phenoxy) is 2. The number of carbonyl (C=O) groups is 1. The van der Waals surface area contributed by atoms with Crippen molar-refractivity contribution in [2.24, 2.45) is 0 Å². The highest BCUT2D eigenvalue weighted by Crippen LogP contribution is 2.32. The van der Waals surface area contributed by atoms with Gasteiger partial charge in [0.2, 0.25) is 16.8 Å². The van der Waals surface area contributed by atoms with E-state index in [2.05, 4.69) is 5.32 Å². The van der Waals surface area contributed by atoms with E-state index in [1.54, 1.807) is 48.5 Å². The van der Waals surface area contributed by atoms with E-state index in [1.165, 1.54) is 4.31 Å². The van der Waals surface area contributed by atoms with Crippen molar-refractivity contribution in [2.75, 3.05) is 19.9 Å². The maximum Gasteiger partial charge on any atom is 0.251 e. The molecule has 4 rings (SSSR count). The first-order valence-corrected chi connectivity index (χ1v) is 10.2. The summed E-state index contributed by atoms with van der Waals surface area (Å²) in [7, 11) is -3.56. The quantitative estimate of drug-likeness (QED) is 0.847. The van der Waals surface area contributed by atoms with E-state index in [0.717, 1.165) is 6.42 Å². The summed E-state index contributed by atoms with van der Waals surface area (Å²) in [6.07, 6.45) is 1.49. The molecule has 0 radical (unpaired) electrons. The van der Waals surface area contributed by atoms with E-state index in [0.29, 0.717) is 30.0 Å². The van der Waals surface area contributed by atoms with Crippen LogP contribution in [0.3, 0.4) is 0 Å². The van der Waals surface area contributed by atoms with Gasteiger partial charge in [0.25, 0.3) is 5.91 Å². The van der Waals surface area contributed by atoms with Gasteiger partial charge >= 0.3 is 0 Å². The number of carbonyl (C=O) groups excluding carboxylic acids is 1. The molecule has 0 aromatic heterocycles. The zero-order valence-electron chi connectivity index (χ0n) is 14.6. The van der Waals surface area contributed by atoms with Crippen LogP contribution in [-0.2, 0) is 10.0 Å². The molecule has 2 aliphatic rings. The predicted molar refractivity (Wildman–Crippen MR) is 98.3 cm³/mol. The molecule has 142 valence electrons. The van der Waals surface area contributed by atoms with Crippen LogP contribution in [0.1, 0.15) is 23.2 Å². The van der Waals surface area contributed by atoms with Crippen LogP contribution in [0.5, 0.6) is 11.5 Å². The molecule has 0 saturated carbocycles. The third kappa shape index (κ3) is 3.50. The summed E-state index contributed by atoms with van der Waals surface area (Å²) < 4.78 is 37.8. The lowest BCUT2D eigenvalue weighted by Gasteiger charge is -2.24. The zero-order valence-corrected chi connectivity index (χ0v) is 15.4. The van der Waals surface area contributed by atoms with E-state index in [9.17, 15) is 13.2 Å². The summed E-state index contributed by atoms with van der Waals surface area (Å²) in [5, 5.41) is 2.84. The third-order valence-corrected chi connectivity index (χ3v) is 6.77. The van der Waals surface area contributed by atoms with Crippen molar-refractivity contribution < 1.29 is 22.7 Å². The van der Waals surface area contributed by atoms with Crippen LogP contribution in [0, 0.1) is 0 Å². The first-order valence-electron chi connectivity index (χ1n) is 8.80. The van der Waals surface area contributed by atoms with Crippen LogP contribution in [0.4, 0.5) is 0 Å². The number of sulfonamides is 1. The Balaban J connectivity index is 1.44. The lowest BCUT2D eigenvalue weighted by Crippen LogP contribution is -2.43. The number of hydrogen-bond donors (Lipinski definition) is 1. The van der Waals surface area contributed by atoms with Crippen molar-refractivity contribution >= 4 is 15.9 Å². The van der Waals surface area contributed by atoms with Crippen molar-refractivity contribution in [1.29, 1.82) is 0 Å².